The highest BCUT2D eigenvalue weighted by Gasteiger charge is 2.25. The first-order chi connectivity index (χ1) is 13.3. The minimum Gasteiger partial charge on any atom is -0.383 e. The number of amides is 2. The zero-order valence-electron chi connectivity index (χ0n) is 14.4. The molecular weight excluding hydrogens is 451 g/mol. The van der Waals surface area contributed by atoms with E-state index in [0.717, 1.165) is 29.2 Å². The molecule has 9 nitrogen and oxygen atoms in total. The molecule has 13 heteroatoms. The number of nitrogens with zero attached hydrogens (tertiary/aromatic N) is 2. The lowest BCUT2D eigenvalue weighted by Gasteiger charge is -2.05. The fourth-order valence-corrected chi connectivity index (χ4v) is 4.65. The minimum atomic E-state index is -0.603. The fourth-order valence-electron chi connectivity index (χ4n) is 1.87. The van der Waals surface area contributed by atoms with Crippen molar-refractivity contribution >= 4 is 63.8 Å². The van der Waals surface area contributed by atoms with Crippen LogP contribution in [0.1, 0.15) is 9.67 Å². The fraction of sp³-hybridized carbons (Fsp3) is 0.267. The van der Waals surface area contributed by atoms with Gasteiger partial charge in [-0.2, -0.15) is 0 Å². The van der Waals surface area contributed by atoms with Gasteiger partial charge in [-0.3, -0.25) is 24.7 Å². The van der Waals surface area contributed by atoms with Crippen LogP contribution in [0.15, 0.2) is 27.6 Å². The highest BCUT2D eigenvalue weighted by Crippen LogP contribution is 2.45. The molecule has 0 aromatic carbocycles. The van der Waals surface area contributed by atoms with E-state index in [2.05, 4.69) is 15.6 Å². The number of nitrogens with one attached hydrogen (secondary N) is 2. The molecule has 0 aliphatic carbocycles. The Bertz CT molecular complexity index is 873. The molecule has 150 valence electrons. The van der Waals surface area contributed by atoms with Crippen molar-refractivity contribution in [2.75, 3.05) is 26.8 Å². The largest absolute Gasteiger partial charge is 0.383 e. The molecule has 0 atom stereocenters. The van der Waals surface area contributed by atoms with Crippen molar-refractivity contribution in [2.45, 2.75) is 9.10 Å². The molecule has 0 fully saturated rings. The molecule has 2 amide bonds. The number of hydrogen-bond acceptors (Lipinski definition) is 8. The van der Waals surface area contributed by atoms with Crippen molar-refractivity contribution in [3.8, 4) is 0 Å². The zero-order valence-corrected chi connectivity index (χ0v) is 17.5. The molecule has 0 spiro atoms. The maximum atomic E-state index is 12.3. The number of hydrogen-bond donors (Lipinski definition) is 2. The van der Waals surface area contributed by atoms with Gasteiger partial charge in [0.25, 0.3) is 11.6 Å². The normalized spacial score (nSPS) is 10.5. The summed E-state index contributed by atoms with van der Waals surface area (Å²) >= 11 is 14.0. The molecule has 0 saturated carbocycles. The Hall–Kier alpha value is -1.92. The van der Waals surface area contributed by atoms with E-state index in [4.69, 9.17) is 27.9 Å². The third-order valence-electron chi connectivity index (χ3n) is 3.14. The average Bonchev–Trinajstić information content (AvgIpc) is 3.07. The van der Waals surface area contributed by atoms with Gasteiger partial charge in [-0.15, -0.1) is 11.3 Å². The van der Waals surface area contributed by atoms with Crippen molar-refractivity contribution in [1.29, 1.82) is 0 Å². The Morgan fingerprint density at radius 1 is 1.32 bits per heavy atom. The molecule has 0 radical (unpaired) electrons. The summed E-state index contributed by atoms with van der Waals surface area (Å²) in [6.07, 6.45) is 2.73. The number of halogens is 2. The lowest BCUT2D eigenvalue weighted by Crippen LogP contribution is -2.37. The van der Waals surface area contributed by atoms with Crippen LogP contribution < -0.4 is 10.6 Å². The Morgan fingerprint density at radius 3 is 2.61 bits per heavy atom. The molecule has 0 bridgehead atoms. The maximum Gasteiger partial charge on any atom is 0.294 e. The quantitative estimate of drug-likeness (QED) is 0.332. The molecule has 0 aliphatic heterocycles. The lowest BCUT2D eigenvalue weighted by atomic mass is 10.4. The lowest BCUT2D eigenvalue weighted by molar-refractivity contribution is -0.387. The van der Waals surface area contributed by atoms with Crippen molar-refractivity contribution in [3.63, 3.8) is 0 Å². The molecule has 2 heterocycles. The van der Waals surface area contributed by atoms with Crippen LogP contribution in [-0.4, -0.2) is 48.5 Å². The predicted octanol–water partition coefficient (Wildman–Crippen LogP) is 3.00. The standard InChI is InChI=1S/C15H14Cl2N4O5S2/c1-26-3-2-19-12(22)7-20-14(23)11-4-10(21(24)25)15(27-11)28-13-8(16)5-18-6-9(13)17/h4-6H,2-3,7H2,1H3,(H,19,22)(H,20,23). The second kappa shape index (κ2) is 10.6. The van der Waals surface area contributed by atoms with E-state index in [1.54, 1.807) is 0 Å². The number of methoxy groups -OCH3 is 1. The van der Waals surface area contributed by atoms with Crippen LogP contribution in [0.25, 0.3) is 0 Å². The summed E-state index contributed by atoms with van der Waals surface area (Å²) < 4.78 is 5.03. The van der Waals surface area contributed by atoms with E-state index < -0.39 is 16.7 Å². The third kappa shape index (κ3) is 6.04. The van der Waals surface area contributed by atoms with E-state index >= 15 is 0 Å². The molecule has 2 aromatic rings. The number of carbonyl (C=O) groups excluding carboxylic acids is 2. The van der Waals surface area contributed by atoms with Crippen molar-refractivity contribution in [2.24, 2.45) is 0 Å². The molecule has 0 saturated heterocycles. The molecule has 2 N–H and O–H groups in total. The van der Waals surface area contributed by atoms with E-state index in [9.17, 15) is 19.7 Å². The van der Waals surface area contributed by atoms with Crippen LogP contribution in [-0.2, 0) is 9.53 Å². The van der Waals surface area contributed by atoms with Gasteiger partial charge in [0.1, 0.15) is 9.09 Å². The van der Waals surface area contributed by atoms with Crippen molar-refractivity contribution in [1.82, 2.24) is 15.6 Å². The highest BCUT2D eigenvalue weighted by atomic mass is 35.5. The zero-order chi connectivity index (χ0) is 20.7. The first kappa shape index (κ1) is 22.4. The van der Waals surface area contributed by atoms with Gasteiger partial charge in [0.05, 0.1) is 33.0 Å². The first-order valence-corrected chi connectivity index (χ1v) is 10.0. The average molecular weight is 465 g/mol. The van der Waals surface area contributed by atoms with Crippen LogP contribution in [0.3, 0.4) is 0 Å². The van der Waals surface area contributed by atoms with Crippen LogP contribution in [0.4, 0.5) is 5.69 Å². The second-order valence-electron chi connectivity index (χ2n) is 5.10. The smallest absolute Gasteiger partial charge is 0.294 e. The maximum absolute atomic E-state index is 12.3. The van der Waals surface area contributed by atoms with Gasteiger partial charge in [-0.05, 0) is 0 Å². The topological polar surface area (TPSA) is 123 Å². The van der Waals surface area contributed by atoms with E-state index in [0.29, 0.717) is 18.0 Å². The summed E-state index contributed by atoms with van der Waals surface area (Å²) in [6, 6.07) is 1.15. The van der Waals surface area contributed by atoms with Gasteiger partial charge in [-0.25, -0.2) is 0 Å². The number of thiophene rings is 1. The van der Waals surface area contributed by atoms with Crippen LogP contribution >= 0.6 is 46.3 Å². The number of rotatable bonds is 9. The Kier molecular flexibility index (Phi) is 8.45. The monoisotopic (exact) mass is 464 g/mol. The Balaban J connectivity index is 2.12. The van der Waals surface area contributed by atoms with Gasteiger partial charge >= 0.3 is 0 Å². The highest BCUT2D eigenvalue weighted by molar-refractivity contribution is 8.01. The summed E-state index contributed by atoms with van der Waals surface area (Å²) in [7, 11) is 1.50. The van der Waals surface area contributed by atoms with Gasteiger partial charge in [0, 0.05) is 32.1 Å². The number of ether oxygens (including phenoxy) is 1. The molecular formula is C15H14Cl2N4O5S2. The Labute approximate surface area is 177 Å². The molecule has 0 aliphatic rings. The van der Waals surface area contributed by atoms with E-state index in [1.807, 2.05) is 0 Å². The van der Waals surface area contributed by atoms with Crippen molar-refractivity contribution in [3.05, 3.63) is 43.5 Å². The molecule has 28 heavy (non-hydrogen) atoms. The number of carbonyl (C=O) groups is 2. The van der Waals surface area contributed by atoms with Crippen molar-refractivity contribution < 1.29 is 19.2 Å². The second-order valence-corrected chi connectivity index (χ2v) is 8.25. The van der Waals surface area contributed by atoms with Crippen LogP contribution in [0, 0.1) is 10.1 Å². The first-order valence-electron chi connectivity index (χ1n) is 7.62. The summed E-state index contributed by atoms with van der Waals surface area (Å²) in [5.41, 5.74) is -0.256. The number of aromatic nitrogens is 1. The van der Waals surface area contributed by atoms with E-state index in [1.165, 1.54) is 19.5 Å². The van der Waals surface area contributed by atoms with Crippen LogP contribution in [0.5, 0.6) is 0 Å². The number of nitro groups is 1. The molecule has 2 aromatic heterocycles. The van der Waals surface area contributed by atoms with Gasteiger partial charge in [-0.1, -0.05) is 35.0 Å². The van der Waals surface area contributed by atoms with Gasteiger partial charge in [0.2, 0.25) is 5.91 Å². The summed E-state index contributed by atoms with van der Waals surface area (Å²) in [4.78, 5) is 38.9. The SMILES string of the molecule is COCCNC(=O)CNC(=O)c1cc([N+](=O)[O-])c(Sc2c(Cl)cncc2Cl)s1. The van der Waals surface area contributed by atoms with Gasteiger partial charge < -0.3 is 15.4 Å². The summed E-state index contributed by atoms with van der Waals surface area (Å²) in [5.74, 6) is -1.00. The minimum absolute atomic E-state index is 0.0835. The summed E-state index contributed by atoms with van der Waals surface area (Å²) in [5, 5.41) is 16.8. The predicted molar refractivity (Wildman–Crippen MR) is 107 cm³/mol. The molecule has 2 rings (SSSR count). The Morgan fingerprint density at radius 2 is 2.00 bits per heavy atom. The van der Waals surface area contributed by atoms with Crippen LogP contribution in [0.2, 0.25) is 10.0 Å². The van der Waals surface area contributed by atoms with E-state index in [-0.39, 0.29) is 31.4 Å². The number of pyridine rings is 1. The molecule has 0 unspecified atom stereocenters. The summed E-state index contributed by atoms with van der Waals surface area (Å²) in [6.45, 7) is 0.389. The third-order valence-corrected chi connectivity index (χ3v) is 6.40. The van der Waals surface area contributed by atoms with Gasteiger partial charge in [0.15, 0.2) is 0 Å².